The molecule has 0 saturated carbocycles. The molecular formula is C14H22Cl2N2O2S. The van der Waals surface area contributed by atoms with Crippen molar-refractivity contribution in [2.75, 3.05) is 11.6 Å². The lowest BCUT2D eigenvalue weighted by molar-refractivity contribution is -0.118. The number of amides is 1. The van der Waals surface area contributed by atoms with E-state index in [0.717, 1.165) is 12.0 Å². The Hall–Kier alpha value is -0.620. The summed E-state index contributed by atoms with van der Waals surface area (Å²) in [5, 5.41) is 3.32. The Morgan fingerprint density at radius 1 is 1.48 bits per heavy atom. The van der Waals surface area contributed by atoms with Crippen molar-refractivity contribution in [2.24, 2.45) is 11.7 Å². The zero-order valence-electron chi connectivity index (χ0n) is 12.4. The third kappa shape index (κ3) is 6.34. The second kappa shape index (κ2) is 9.41. The lowest BCUT2D eigenvalue weighted by Crippen LogP contribution is -2.40. The zero-order valence-corrected chi connectivity index (χ0v) is 14.8. The van der Waals surface area contributed by atoms with Gasteiger partial charge in [-0.2, -0.15) is 0 Å². The van der Waals surface area contributed by atoms with Crippen molar-refractivity contribution in [3.05, 3.63) is 28.8 Å². The van der Waals surface area contributed by atoms with Crippen LogP contribution in [0.5, 0.6) is 0 Å². The Morgan fingerprint density at radius 3 is 2.62 bits per heavy atom. The second-order valence-corrected chi connectivity index (χ2v) is 6.77. The van der Waals surface area contributed by atoms with Gasteiger partial charge in [-0.25, -0.2) is 0 Å². The highest BCUT2D eigenvalue weighted by molar-refractivity contribution is 7.83. The summed E-state index contributed by atoms with van der Waals surface area (Å²) < 4.78 is 11.3. The fraction of sp³-hybridized carbons (Fsp3) is 0.500. The van der Waals surface area contributed by atoms with E-state index >= 15 is 0 Å². The summed E-state index contributed by atoms with van der Waals surface area (Å²) in [6.45, 7) is 3.94. The molecule has 0 spiro atoms. The molecule has 0 aliphatic heterocycles. The van der Waals surface area contributed by atoms with Crippen LogP contribution in [0.3, 0.4) is 0 Å². The largest absolute Gasteiger partial charge is 0.325 e. The molecule has 1 aromatic rings. The number of carbonyl (C=O) groups is 1. The SMILES string of the molecule is CCC(C)C(N)C(=O)Nc1ccc(Cl)c(CS(C)=O)c1.Cl. The van der Waals surface area contributed by atoms with Gasteiger partial charge in [-0.1, -0.05) is 31.9 Å². The average molecular weight is 353 g/mol. The Kier molecular flexibility index (Phi) is 9.13. The van der Waals surface area contributed by atoms with Crippen molar-refractivity contribution in [1.82, 2.24) is 0 Å². The van der Waals surface area contributed by atoms with Crippen LogP contribution in [-0.2, 0) is 21.3 Å². The van der Waals surface area contributed by atoms with E-state index in [4.69, 9.17) is 17.3 Å². The van der Waals surface area contributed by atoms with Gasteiger partial charge in [-0.05, 0) is 29.7 Å². The first-order valence-corrected chi connectivity index (χ1v) is 8.60. The molecule has 0 aliphatic carbocycles. The average Bonchev–Trinajstić information content (AvgIpc) is 2.40. The van der Waals surface area contributed by atoms with Gasteiger partial charge in [0.1, 0.15) is 0 Å². The van der Waals surface area contributed by atoms with Gasteiger partial charge in [0.2, 0.25) is 5.91 Å². The van der Waals surface area contributed by atoms with Crippen molar-refractivity contribution in [2.45, 2.75) is 32.1 Å². The van der Waals surface area contributed by atoms with Crippen LogP contribution in [0.25, 0.3) is 0 Å². The highest BCUT2D eigenvalue weighted by atomic mass is 35.5. The van der Waals surface area contributed by atoms with Crippen molar-refractivity contribution < 1.29 is 9.00 Å². The number of anilines is 1. The van der Waals surface area contributed by atoms with Crippen LogP contribution < -0.4 is 11.1 Å². The molecule has 0 heterocycles. The van der Waals surface area contributed by atoms with Gasteiger partial charge >= 0.3 is 0 Å². The fourth-order valence-corrected chi connectivity index (χ4v) is 2.66. The van der Waals surface area contributed by atoms with E-state index < -0.39 is 16.8 Å². The maximum Gasteiger partial charge on any atom is 0.241 e. The molecule has 0 aromatic heterocycles. The van der Waals surface area contributed by atoms with Crippen molar-refractivity contribution in [3.63, 3.8) is 0 Å². The van der Waals surface area contributed by atoms with Gasteiger partial charge in [-0.3, -0.25) is 9.00 Å². The number of halogens is 2. The van der Waals surface area contributed by atoms with E-state index in [9.17, 15) is 9.00 Å². The van der Waals surface area contributed by atoms with Crippen LogP contribution >= 0.6 is 24.0 Å². The minimum Gasteiger partial charge on any atom is -0.325 e. The molecule has 0 bridgehead atoms. The van der Waals surface area contributed by atoms with Crippen molar-refractivity contribution in [1.29, 1.82) is 0 Å². The second-order valence-electron chi connectivity index (χ2n) is 4.92. The summed E-state index contributed by atoms with van der Waals surface area (Å²) in [6.07, 6.45) is 2.45. The Morgan fingerprint density at radius 2 is 2.10 bits per heavy atom. The van der Waals surface area contributed by atoms with Crippen LogP contribution in [0.2, 0.25) is 5.02 Å². The zero-order chi connectivity index (χ0) is 15.3. The van der Waals surface area contributed by atoms with Crippen LogP contribution in [0.4, 0.5) is 5.69 Å². The monoisotopic (exact) mass is 352 g/mol. The molecule has 1 amide bonds. The summed E-state index contributed by atoms with van der Waals surface area (Å²) in [4.78, 5) is 12.0. The van der Waals surface area contributed by atoms with Crippen LogP contribution in [-0.4, -0.2) is 22.4 Å². The third-order valence-electron chi connectivity index (χ3n) is 3.23. The van der Waals surface area contributed by atoms with E-state index in [2.05, 4.69) is 5.32 Å². The predicted molar refractivity (Wildman–Crippen MR) is 92.5 cm³/mol. The molecule has 0 aliphatic rings. The topological polar surface area (TPSA) is 72.2 Å². The molecule has 0 radical (unpaired) electrons. The lowest BCUT2D eigenvalue weighted by Gasteiger charge is -2.18. The number of nitrogens with one attached hydrogen (secondary N) is 1. The molecular weight excluding hydrogens is 331 g/mol. The van der Waals surface area contributed by atoms with E-state index in [1.807, 2.05) is 13.8 Å². The van der Waals surface area contributed by atoms with Crippen LogP contribution in [0.15, 0.2) is 18.2 Å². The standard InChI is InChI=1S/C14H21ClN2O2S.ClH/c1-4-9(2)13(16)14(18)17-11-5-6-12(15)10(7-11)8-20(3)19;/h5-7,9,13H,4,8,16H2,1-3H3,(H,17,18);1H. The summed E-state index contributed by atoms with van der Waals surface area (Å²) in [7, 11) is -0.987. The van der Waals surface area contributed by atoms with Crippen molar-refractivity contribution >= 4 is 46.4 Å². The number of rotatable bonds is 6. The van der Waals surface area contributed by atoms with Gasteiger partial charge in [0.25, 0.3) is 0 Å². The molecule has 21 heavy (non-hydrogen) atoms. The predicted octanol–water partition coefficient (Wildman–Crippen LogP) is 2.95. The van der Waals surface area contributed by atoms with Gasteiger partial charge in [0, 0.05) is 33.5 Å². The molecule has 3 unspecified atom stereocenters. The molecule has 1 aromatic carbocycles. The molecule has 1 rings (SSSR count). The highest BCUT2D eigenvalue weighted by Gasteiger charge is 2.19. The summed E-state index contributed by atoms with van der Waals surface area (Å²) in [5.41, 5.74) is 7.26. The summed E-state index contributed by atoms with van der Waals surface area (Å²) >= 11 is 6.04. The molecule has 120 valence electrons. The number of hydrogen-bond donors (Lipinski definition) is 2. The van der Waals surface area contributed by atoms with Crippen LogP contribution in [0.1, 0.15) is 25.8 Å². The first-order chi connectivity index (χ1) is 9.35. The maximum absolute atomic E-state index is 12.0. The highest BCUT2D eigenvalue weighted by Crippen LogP contribution is 2.22. The first kappa shape index (κ1) is 20.4. The molecule has 7 heteroatoms. The van der Waals surface area contributed by atoms with E-state index in [1.165, 1.54) is 0 Å². The molecule has 0 saturated heterocycles. The Balaban J connectivity index is 0.00000400. The van der Waals surface area contributed by atoms with Gasteiger partial charge in [-0.15, -0.1) is 12.4 Å². The normalized spacial score (nSPS) is 14.7. The van der Waals surface area contributed by atoms with Gasteiger partial charge in [0.15, 0.2) is 0 Å². The van der Waals surface area contributed by atoms with E-state index in [-0.39, 0.29) is 24.2 Å². The smallest absolute Gasteiger partial charge is 0.241 e. The lowest BCUT2D eigenvalue weighted by atomic mass is 9.99. The summed E-state index contributed by atoms with van der Waals surface area (Å²) in [5.74, 6) is 0.259. The Labute approximate surface area is 139 Å². The molecule has 3 N–H and O–H groups in total. The van der Waals surface area contributed by atoms with E-state index in [1.54, 1.807) is 24.5 Å². The maximum atomic E-state index is 12.0. The number of benzene rings is 1. The van der Waals surface area contributed by atoms with Gasteiger partial charge < -0.3 is 11.1 Å². The molecule has 0 fully saturated rings. The minimum atomic E-state index is -0.987. The summed E-state index contributed by atoms with van der Waals surface area (Å²) in [6, 6.07) is 4.60. The Bertz CT molecular complexity index is 512. The number of hydrogen-bond acceptors (Lipinski definition) is 3. The number of carbonyl (C=O) groups excluding carboxylic acids is 1. The molecule has 3 atom stereocenters. The molecule has 4 nitrogen and oxygen atoms in total. The minimum absolute atomic E-state index is 0. The third-order valence-corrected chi connectivity index (χ3v) is 4.32. The van der Waals surface area contributed by atoms with E-state index in [0.29, 0.717) is 16.5 Å². The van der Waals surface area contributed by atoms with Gasteiger partial charge in [0.05, 0.1) is 6.04 Å². The van der Waals surface area contributed by atoms with Crippen LogP contribution in [0, 0.1) is 5.92 Å². The quantitative estimate of drug-likeness (QED) is 0.826. The van der Waals surface area contributed by atoms with Crippen molar-refractivity contribution in [3.8, 4) is 0 Å². The first-order valence-electron chi connectivity index (χ1n) is 6.50. The number of nitrogens with two attached hydrogens (primary N) is 1. The fourth-order valence-electron chi connectivity index (χ4n) is 1.72.